The van der Waals surface area contributed by atoms with Gasteiger partial charge in [0.05, 0.1) is 127 Å². The summed E-state index contributed by atoms with van der Waals surface area (Å²) in [4.78, 5) is 75.4. The molecule has 0 bridgehead atoms. The molecule has 5 fully saturated rings. The maximum absolute atomic E-state index is 10.4. The summed E-state index contributed by atoms with van der Waals surface area (Å²) in [6.07, 6.45) is 11.5. The Hall–Kier alpha value is -6.06. The molecule has 4 radical (unpaired) electrons. The predicted molar refractivity (Wildman–Crippen MR) is 491 cm³/mol. The monoisotopic (exact) mass is 2070 g/mol. The summed E-state index contributed by atoms with van der Waals surface area (Å²) in [5.74, 6) is 0.393. The molecular weight excluding hydrogens is 1950 g/mol. The number of hydrogen-bond donors (Lipinski definition) is 4. The minimum atomic E-state index is -1.44. The maximum Gasteiger partial charge on any atom is 0.167 e. The molecule has 10 aromatic rings. The van der Waals surface area contributed by atoms with Crippen LogP contribution >= 0.6 is 57.8 Å². The Balaban J connectivity index is 0.000000175. The van der Waals surface area contributed by atoms with Crippen molar-refractivity contribution in [1.29, 1.82) is 7.84 Å². The van der Waals surface area contributed by atoms with Gasteiger partial charge in [0.2, 0.25) is 0 Å². The van der Waals surface area contributed by atoms with Crippen molar-refractivity contribution in [1.82, 2.24) is 113 Å². The third-order valence-corrected chi connectivity index (χ3v) is 24.8. The minimum absolute atomic E-state index is 0. The summed E-state index contributed by atoms with van der Waals surface area (Å²) in [6.45, 7) is 32.7. The van der Waals surface area contributed by atoms with E-state index in [1.165, 1.54) is 25.3 Å². The van der Waals surface area contributed by atoms with Crippen LogP contribution < -0.4 is 16.0 Å². The molecule has 0 spiro atoms. The molecule has 53 heteroatoms. The van der Waals surface area contributed by atoms with E-state index < -0.39 is 91.0 Å². The Bertz CT molecular complexity index is 5590. The fourth-order valence-electron chi connectivity index (χ4n) is 16.4. The molecule has 0 saturated carbocycles. The van der Waals surface area contributed by atoms with Gasteiger partial charge in [-0.15, -0.1) is 0 Å². The standard InChI is InChI=1S/C22H38N6O2.C14H22BN5O2PS.C13H19BN8O2PS.C12H16BN7O2PS.C12H15N7O2.Ac/c1-9-23-19-15(6)22(27-12-26-20-16(7)24-11-25-21(20)27)30-18(19)10-29-17(8)28(13(2)3)14(4)5;1-4-16-11-8(2)14(22-10(11)5-21-24-23-15)20-7-19-12-9(3)17-6-18-13(12)20;1-3-16-11-10-12(18-5-17-11)22(6-19-10)13-7(2)9(20-21-15)8(24-13)4-23-26-25-14;1-6-9(18-19-14)8(3-21-24-23-13)22-12(6)20-5-17-10-7(2)15-4-16-11(10)20;1-3-7-9(17-18-13)10(20)12(21-7)19-5-16-8-6(2)14-4-15-11(8)19;/h11-15,17-19,22-23H,9-10H2,1-8H3;6-8,10-11,14-16,23H,4-5H2,1-3H3;5-9,13-14,25H,3-4H2,1-2H3,(H,16,17,18);4-6,8-9,12-13,23H,3H2,1-2H3;4-5,7,9-10,12,20H,3H2,1-2H3;/t15-,17?,18+,19?,22+;8-,10+,11?,14+,23?;7-,8+,9?,13+,25?;6-,8+,9?,12+,23?;7-,9?,10+,12-;/m00001./s1/i9T;4T,15T,23D;1T,14T,25D;13T,23D;;/t9?,15-,17?,18+,19?,22+;4?,8-,10+,11?,14+,23?;2m;;. The fourth-order valence-corrected chi connectivity index (χ4v) is 18.2. The fraction of sp³-hybridized carbons (Fsp3) is 0.658. The Morgan fingerprint density at radius 1 is 0.508 bits per heavy atom. The molecule has 43 nitrogen and oxygen atoms in total. The molecule has 0 aliphatic carbocycles. The largest absolute Gasteiger partial charge is 0.388 e. The number of aromatic nitrogens is 20. The zero-order chi connectivity index (χ0) is 96.9. The predicted octanol–water partition coefficient (Wildman–Crippen LogP) is 11.3. The van der Waals surface area contributed by atoms with Gasteiger partial charge in [0.1, 0.15) is 120 Å². The molecule has 15 heterocycles. The van der Waals surface area contributed by atoms with Gasteiger partial charge in [-0.1, -0.05) is 86.6 Å². The SMILES string of the molecule is CC[C@H]1O[C@@H](n2cnc3c(C)ncnc32)[C@@H](O)C1N=[N+]=[N-].[2H]P([B][3H])SOC[C@H]1O[C@@H](n2cnc3c(C)ncnc32)[C@@H](C)C1N=[N+]=[N-].[2H]P([B][3H])SOC[C@H]1O[C@@H](n2cnc3c(C)ncnc32)[C@@H](C)C1NC([3H])C.[2H]P([B][3H])SOC[C@H]1O[C@@H](n2cnc3c(NCC[3H])ncnc32)[C@@H](C)C1N=[N+]=[N-].[3H]C(C)NC1[C@@H](COC(C)N(C(C)C)C(C)C)O[C@@H](n2cnc3c(C)ncnc32)[C@H]1C.[Ac]. The maximum atomic E-state index is 10.4. The number of hydrogen-bond acceptors (Lipinski definition) is 35. The van der Waals surface area contributed by atoms with E-state index in [0.717, 1.165) is 97.0 Å². The third kappa shape index (κ3) is 23.7. The van der Waals surface area contributed by atoms with Crippen molar-refractivity contribution in [2.75, 3.05) is 51.3 Å². The Morgan fingerprint density at radius 2 is 0.841 bits per heavy atom. The first-order valence-corrected chi connectivity index (χ1v) is 47.3. The number of likely N-dealkylation sites (N-methyl/N-ethyl adjacent to an activating group) is 2. The van der Waals surface area contributed by atoms with E-state index in [1.807, 2.05) is 69.1 Å². The van der Waals surface area contributed by atoms with Crippen LogP contribution in [0.25, 0.3) is 87.1 Å². The summed E-state index contributed by atoms with van der Waals surface area (Å²) < 4.78 is 130. The molecule has 0 aromatic carbocycles. The number of aliphatic hydroxyl groups excluding tert-OH is 1. The zero-order valence-electron chi connectivity index (χ0n) is 81.6. The summed E-state index contributed by atoms with van der Waals surface area (Å²) in [5, 5.41) is 31.5. The second-order valence-electron chi connectivity index (χ2n) is 30.3. The van der Waals surface area contributed by atoms with Gasteiger partial charge >= 0.3 is 0 Å². The van der Waals surface area contributed by atoms with Crippen LogP contribution in [0.1, 0.15) is 154 Å². The molecule has 15 rings (SSSR count). The average Bonchev–Trinajstić information content (AvgIpc) is 1.64. The van der Waals surface area contributed by atoms with Crippen LogP contribution in [-0.2, 0) is 41.0 Å². The third-order valence-electron chi connectivity index (χ3n) is 22.1. The number of imidazole rings is 5. The van der Waals surface area contributed by atoms with Crippen molar-refractivity contribution < 1.29 is 94.3 Å². The first-order chi connectivity index (χ1) is 64.4. The number of ether oxygens (including phenoxy) is 6. The van der Waals surface area contributed by atoms with E-state index in [2.05, 4.69) is 174 Å². The van der Waals surface area contributed by atoms with Crippen molar-refractivity contribution >= 4 is 142 Å². The van der Waals surface area contributed by atoms with Crippen molar-refractivity contribution in [3.05, 3.63) is 117 Å². The number of rotatable bonds is 36. The molecular formula is C73H110AcB3N33O10P3S3. The van der Waals surface area contributed by atoms with Crippen LogP contribution in [0, 0.1) is 95.4 Å². The van der Waals surface area contributed by atoms with Crippen molar-refractivity contribution in [2.45, 2.75) is 240 Å². The molecule has 5 aliphatic heterocycles. The Morgan fingerprint density at radius 3 is 1.21 bits per heavy atom. The van der Waals surface area contributed by atoms with E-state index in [4.69, 9.17) is 69.5 Å². The van der Waals surface area contributed by atoms with Crippen molar-refractivity contribution in [2.24, 2.45) is 39.0 Å². The molecule has 126 heavy (non-hydrogen) atoms. The van der Waals surface area contributed by atoms with E-state index in [0.29, 0.717) is 76.6 Å². The number of anilines is 1. The van der Waals surface area contributed by atoms with Gasteiger partial charge in [0.15, 0.2) is 45.8 Å². The first kappa shape index (κ1) is 89.2. The van der Waals surface area contributed by atoms with Gasteiger partial charge in [0.25, 0.3) is 0 Å². The number of aliphatic hydroxyl groups is 1. The van der Waals surface area contributed by atoms with Gasteiger partial charge in [-0.3, -0.25) is 27.7 Å². The van der Waals surface area contributed by atoms with Crippen LogP contribution in [-0.4, -0.2) is 269 Å². The second-order valence-corrected chi connectivity index (χ2v) is 35.3. The molecule has 11 unspecified atom stereocenters. The number of aryl methyl sites for hydroxylation is 4. The van der Waals surface area contributed by atoms with Gasteiger partial charge in [0, 0.05) is 152 Å². The molecule has 5 saturated heterocycles. The summed E-state index contributed by atoms with van der Waals surface area (Å²) in [5.41, 5.74) is 36.4. The van der Waals surface area contributed by atoms with Gasteiger partial charge < -0.3 is 62.0 Å². The number of fused-ring (bicyclic) bond motifs is 5. The van der Waals surface area contributed by atoms with E-state index in [-0.39, 0.29) is 144 Å². The smallest absolute Gasteiger partial charge is 0.167 e. The summed E-state index contributed by atoms with van der Waals surface area (Å²) in [7, 11) is -1.09. The van der Waals surface area contributed by atoms with Gasteiger partial charge in [-0.2, -0.15) is 0 Å². The summed E-state index contributed by atoms with van der Waals surface area (Å²) >= 11 is 2.81. The summed E-state index contributed by atoms with van der Waals surface area (Å²) in [6, 6.07) is -0.865. The van der Waals surface area contributed by atoms with E-state index in [9.17, 15) is 5.11 Å². The molecule has 0 amide bonds. The zero-order valence-corrected chi connectivity index (χ0v) is 82.4. The van der Waals surface area contributed by atoms with Gasteiger partial charge in [-0.05, 0) is 109 Å². The Kier molecular flexibility index (Phi) is 35.0. The molecule has 26 atom stereocenters. The molecule has 10 aromatic heterocycles. The van der Waals surface area contributed by atoms with E-state index in [1.54, 1.807) is 54.0 Å². The number of nitrogens with zero attached hydrogens (tertiary/aromatic N) is 30. The molecule has 5 aliphatic rings. The van der Waals surface area contributed by atoms with Crippen LogP contribution in [0.4, 0.5) is 5.82 Å². The van der Waals surface area contributed by atoms with Gasteiger partial charge in [-0.25, -0.2) is 74.8 Å². The van der Waals surface area contributed by atoms with Crippen LogP contribution in [0.15, 0.2) is 78.6 Å². The average molecular weight is 2070 g/mol. The number of azide groups is 3. The molecule has 672 valence electrons. The van der Waals surface area contributed by atoms with Crippen molar-refractivity contribution in [3.63, 3.8) is 0 Å². The van der Waals surface area contributed by atoms with Crippen LogP contribution in [0.3, 0.4) is 0 Å². The quantitative estimate of drug-likeness (QED) is 0.00539. The topological polar surface area (TPSA) is 507 Å². The van der Waals surface area contributed by atoms with Crippen LogP contribution in [0.2, 0.25) is 0 Å². The Labute approximate surface area is 799 Å². The van der Waals surface area contributed by atoms with E-state index >= 15 is 0 Å². The number of nitrogens with one attached hydrogen (secondary N) is 3. The second kappa shape index (κ2) is 49.4. The normalized spacial score (nSPS) is 28.6. The van der Waals surface area contributed by atoms with Crippen LogP contribution in [0.5, 0.6) is 0 Å². The molecule has 4 N–H and O–H groups in total. The van der Waals surface area contributed by atoms with Crippen molar-refractivity contribution in [3.8, 4) is 0 Å². The minimum Gasteiger partial charge on any atom is -0.388 e. The first-order valence-electron chi connectivity index (χ1n) is 45.3.